The first-order valence-electron chi connectivity index (χ1n) is 9.91. The van der Waals surface area contributed by atoms with Crippen LogP contribution in [0.4, 0.5) is 0 Å². The number of ether oxygens (including phenoxy) is 1. The fourth-order valence-corrected chi connectivity index (χ4v) is 2.57. The maximum Gasteiger partial charge on any atom is 0.191 e. The van der Waals surface area contributed by atoms with Gasteiger partial charge < -0.3 is 15.4 Å². The molecule has 0 aliphatic rings. The minimum Gasteiger partial charge on any atom is -0.381 e. The molecule has 1 aromatic carbocycles. The fraction of sp³-hybridized carbons (Fsp3) is 0.667. The second-order valence-electron chi connectivity index (χ2n) is 6.95. The quantitative estimate of drug-likeness (QED) is 0.202. The Hall–Kier alpha value is -0.860. The predicted octanol–water partition coefficient (Wildman–Crippen LogP) is 3.87. The van der Waals surface area contributed by atoms with Crippen LogP contribution in [-0.2, 0) is 17.8 Å². The number of nitrogens with one attached hydrogen (secondary N) is 2. The zero-order chi connectivity index (χ0) is 19.2. The molecule has 0 heterocycles. The Morgan fingerprint density at radius 2 is 1.70 bits per heavy atom. The molecule has 0 radical (unpaired) electrons. The van der Waals surface area contributed by atoms with Crippen LogP contribution in [0.5, 0.6) is 0 Å². The van der Waals surface area contributed by atoms with Gasteiger partial charge in [0.25, 0.3) is 0 Å². The van der Waals surface area contributed by atoms with Crippen LogP contribution in [0.1, 0.15) is 45.2 Å². The summed E-state index contributed by atoms with van der Waals surface area (Å²) in [6.07, 6.45) is 0.980. The van der Waals surface area contributed by atoms with E-state index in [-0.39, 0.29) is 24.0 Å². The Bertz CT molecular complexity index is 501. The highest BCUT2D eigenvalue weighted by atomic mass is 127. The van der Waals surface area contributed by atoms with Gasteiger partial charge in [0.05, 0.1) is 0 Å². The average Bonchev–Trinajstić information content (AvgIpc) is 2.65. The van der Waals surface area contributed by atoms with Crippen molar-refractivity contribution < 1.29 is 4.74 Å². The van der Waals surface area contributed by atoms with Crippen molar-refractivity contribution in [1.82, 2.24) is 15.5 Å². The minimum atomic E-state index is 0. The molecular formula is C21H39IN4O. The number of aliphatic imine (C=N–C) groups is 1. The normalized spacial score (nSPS) is 11.6. The highest BCUT2D eigenvalue weighted by molar-refractivity contribution is 14.0. The first kappa shape index (κ1) is 26.1. The molecule has 1 aromatic rings. The standard InChI is InChI=1S/C21H38N4O.HI/c1-6-25(7-2)16-20-11-9-19(10-12-20)15-24-21(22-5)23-13-8-14-26-17-18(3)4;/h9-12,18H,6-8,13-17H2,1-5H3,(H2,22,23,24);1H. The van der Waals surface area contributed by atoms with E-state index in [9.17, 15) is 0 Å². The van der Waals surface area contributed by atoms with Gasteiger partial charge >= 0.3 is 0 Å². The molecule has 0 fully saturated rings. The smallest absolute Gasteiger partial charge is 0.191 e. The first-order chi connectivity index (χ1) is 12.6. The highest BCUT2D eigenvalue weighted by Gasteiger charge is 2.02. The van der Waals surface area contributed by atoms with Crippen molar-refractivity contribution in [1.29, 1.82) is 0 Å². The van der Waals surface area contributed by atoms with Crippen LogP contribution in [0.25, 0.3) is 0 Å². The van der Waals surface area contributed by atoms with Crippen LogP contribution in [-0.4, -0.2) is 50.8 Å². The van der Waals surface area contributed by atoms with Crippen molar-refractivity contribution in [2.45, 2.75) is 47.2 Å². The molecule has 0 spiro atoms. The lowest BCUT2D eigenvalue weighted by Gasteiger charge is -2.18. The van der Waals surface area contributed by atoms with Crippen LogP contribution < -0.4 is 10.6 Å². The lowest BCUT2D eigenvalue weighted by Crippen LogP contribution is -2.37. The number of benzene rings is 1. The maximum atomic E-state index is 5.59. The molecule has 27 heavy (non-hydrogen) atoms. The van der Waals surface area contributed by atoms with Crippen molar-refractivity contribution in [3.05, 3.63) is 35.4 Å². The Morgan fingerprint density at radius 1 is 1.07 bits per heavy atom. The highest BCUT2D eigenvalue weighted by Crippen LogP contribution is 2.07. The van der Waals surface area contributed by atoms with Gasteiger partial charge in [0.1, 0.15) is 0 Å². The van der Waals surface area contributed by atoms with Crippen molar-refractivity contribution in [3.63, 3.8) is 0 Å². The monoisotopic (exact) mass is 490 g/mol. The van der Waals surface area contributed by atoms with Gasteiger partial charge in [0, 0.05) is 39.9 Å². The molecule has 0 saturated heterocycles. The third kappa shape index (κ3) is 12.3. The van der Waals surface area contributed by atoms with Crippen LogP contribution in [0.2, 0.25) is 0 Å². The van der Waals surface area contributed by atoms with E-state index in [1.54, 1.807) is 7.05 Å². The number of rotatable bonds is 12. The number of hydrogen-bond donors (Lipinski definition) is 2. The topological polar surface area (TPSA) is 48.9 Å². The Morgan fingerprint density at radius 3 is 2.26 bits per heavy atom. The first-order valence-corrected chi connectivity index (χ1v) is 9.91. The van der Waals surface area contributed by atoms with Gasteiger partial charge in [-0.05, 0) is 36.6 Å². The van der Waals surface area contributed by atoms with Gasteiger partial charge in [-0.3, -0.25) is 9.89 Å². The van der Waals surface area contributed by atoms with Gasteiger partial charge in [0.2, 0.25) is 0 Å². The molecule has 0 atom stereocenters. The molecule has 0 aromatic heterocycles. The lowest BCUT2D eigenvalue weighted by molar-refractivity contribution is 0.108. The molecule has 5 nitrogen and oxygen atoms in total. The third-order valence-corrected chi connectivity index (χ3v) is 4.22. The molecule has 0 unspecified atom stereocenters. The largest absolute Gasteiger partial charge is 0.381 e. The Kier molecular flexibility index (Phi) is 15.6. The predicted molar refractivity (Wildman–Crippen MR) is 127 cm³/mol. The second kappa shape index (κ2) is 16.1. The Labute approximate surface area is 183 Å². The molecule has 0 bridgehead atoms. The SMILES string of the molecule is CCN(CC)Cc1ccc(CNC(=NC)NCCCOCC(C)C)cc1.I. The van der Waals surface area contributed by atoms with Crippen LogP contribution in [0.3, 0.4) is 0 Å². The number of hydrogen-bond acceptors (Lipinski definition) is 3. The number of nitrogens with zero attached hydrogens (tertiary/aromatic N) is 2. The molecule has 0 amide bonds. The van der Waals surface area contributed by atoms with E-state index in [2.05, 4.69) is 72.5 Å². The summed E-state index contributed by atoms with van der Waals surface area (Å²) in [5, 5.41) is 6.70. The summed E-state index contributed by atoms with van der Waals surface area (Å²) in [4.78, 5) is 6.70. The summed E-state index contributed by atoms with van der Waals surface area (Å²) in [6.45, 7) is 15.2. The zero-order valence-electron chi connectivity index (χ0n) is 17.8. The van der Waals surface area contributed by atoms with E-state index < -0.39 is 0 Å². The lowest BCUT2D eigenvalue weighted by atomic mass is 10.1. The van der Waals surface area contributed by atoms with E-state index >= 15 is 0 Å². The van der Waals surface area contributed by atoms with Crippen molar-refractivity contribution in [2.75, 3.05) is 39.9 Å². The molecule has 0 saturated carbocycles. The van der Waals surface area contributed by atoms with E-state index in [0.29, 0.717) is 5.92 Å². The van der Waals surface area contributed by atoms with Crippen LogP contribution in [0.15, 0.2) is 29.3 Å². The van der Waals surface area contributed by atoms with E-state index in [0.717, 1.165) is 58.3 Å². The summed E-state index contributed by atoms with van der Waals surface area (Å²) >= 11 is 0. The molecule has 6 heteroatoms. The zero-order valence-corrected chi connectivity index (χ0v) is 20.1. The van der Waals surface area contributed by atoms with Crippen molar-refractivity contribution >= 4 is 29.9 Å². The van der Waals surface area contributed by atoms with Crippen LogP contribution >= 0.6 is 24.0 Å². The summed E-state index contributed by atoms with van der Waals surface area (Å²) in [6, 6.07) is 8.83. The number of guanidine groups is 1. The third-order valence-electron chi connectivity index (χ3n) is 4.22. The van der Waals surface area contributed by atoms with Gasteiger partial charge in [0.15, 0.2) is 5.96 Å². The molecule has 0 aliphatic heterocycles. The fourth-order valence-electron chi connectivity index (χ4n) is 2.57. The molecular weight excluding hydrogens is 451 g/mol. The summed E-state index contributed by atoms with van der Waals surface area (Å²) in [5.41, 5.74) is 2.62. The minimum absolute atomic E-state index is 0. The van der Waals surface area contributed by atoms with Crippen molar-refractivity contribution in [3.8, 4) is 0 Å². The maximum absolute atomic E-state index is 5.59. The summed E-state index contributed by atoms with van der Waals surface area (Å²) in [7, 11) is 1.80. The van der Waals surface area contributed by atoms with Gasteiger partial charge in [-0.25, -0.2) is 0 Å². The molecule has 156 valence electrons. The average molecular weight is 490 g/mol. The van der Waals surface area contributed by atoms with Gasteiger partial charge in [-0.15, -0.1) is 24.0 Å². The van der Waals surface area contributed by atoms with E-state index in [1.165, 1.54) is 11.1 Å². The van der Waals surface area contributed by atoms with E-state index in [4.69, 9.17) is 4.74 Å². The molecule has 2 N–H and O–H groups in total. The second-order valence-corrected chi connectivity index (χ2v) is 6.95. The van der Waals surface area contributed by atoms with Crippen molar-refractivity contribution in [2.24, 2.45) is 10.9 Å². The van der Waals surface area contributed by atoms with Crippen LogP contribution in [0, 0.1) is 5.92 Å². The van der Waals surface area contributed by atoms with Gasteiger partial charge in [-0.2, -0.15) is 0 Å². The molecule has 1 rings (SSSR count). The van der Waals surface area contributed by atoms with E-state index in [1.807, 2.05) is 0 Å². The summed E-state index contributed by atoms with van der Waals surface area (Å²) < 4.78 is 5.59. The summed E-state index contributed by atoms with van der Waals surface area (Å²) in [5.74, 6) is 1.43. The van der Waals surface area contributed by atoms with Gasteiger partial charge in [-0.1, -0.05) is 52.0 Å². The number of halogens is 1. The Balaban J connectivity index is 0.00000676. The molecule has 0 aliphatic carbocycles.